The van der Waals surface area contributed by atoms with Gasteiger partial charge in [0.25, 0.3) is 5.56 Å². The molecule has 1 N–H and O–H groups in total. The SMILES string of the molecule is Cn1c(=S)c2ccccc2c2[nH]n(-c3ccc(C(F)(F)F)cc3)c(=O)c21. The smallest absolute Gasteiger partial charge is 0.329 e. The zero-order valence-electron chi connectivity index (χ0n) is 13.5. The molecule has 26 heavy (non-hydrogen) atoms. The number of nitrogens with one attached hydrogen (secondary N) is 1. The lowest BCUT2D eigenvalue weighted by Crippen LogP contribution is -2.16. The first-order valence-corrected chi connectivity index (χ1v) is 8.10. The number of alkyl halides is 3. The Morgan fingerprint density at radius 1 is 1.00 bits per heavy atom. The minimum Gasteiger partial charge on any atom is -0.329 e. The zero-order chi connectivity index (χ0) is 18.6. The molecule has 4 rings (SSSR count). The van der Waals surface area contributed by atoms with Crippen LogP contribution in [0.3, 0.4) is 0 Å². The standard InChI is InChI=1S/C18H12F3N3OS/c1-23-15-14(12-4-2-3-5-13(12)17(23)26)22-24(16(15)25)11-8-6-10(7-9-11)18(19,20)21/h2-9,22H,1H3. The Balaban J connectivity index is 2.03. The molecule has 8 heteroatoms. The van der Waals surface area contributed by atoms with Crippen LogP contribution in [0.5, 0.6) is 0 Å². The van der Waals surface area contributed by atoms with E-state index < -0.39 is 11.7 Å². The fourth-order valence-corrected chi connectivity index (χ4v) is 3.35. The van der Waals surface area contributed by atoms with E-state index in [1.54, 1.807) is 11.6 Å². The zero-order valence-corrected chi connectivity index (χ0v) is 14.3. The van der Waals surface area contributed by atoms with Crippen molar-refractivity contribution in [3.63, 3.8) is 0 Å². The van der Waals surface area contributed by atoms with Gasteiger partial charge in [0.15, 0.2) is 0 Å². The van der Waals surface area contributed by atoms with Crippen molar-refractivity contribution in [3.8, 4) is 5.69 Å². The molecule has 0 amide bonds. The molecule has 132 valence electrons. The molecule has 0 spiro atoms. The van der Waals surface area contributed by atoms with E-state index >= 15 is 0 Å². The fourth-order valence-electron chi connectivity index (χ4n) is 3.08. The number of fused-ring (bicyclic) bond motifs is 3. The van der Waals surface area contributed by atoms with Gasteiger partial charge in [-0.2, -0.15) is 13.2 Å². The van der Waals surface area contributed by atoms with E-state index in [1.165, 1.54) is 16.8 Å². The monoisotopic (exact) mass is 375 g/mol. The molecule has 4 aromatic rings. The number of rotatable bonds is 1. The lowest BCUT2D eigenvalue weighted by atomic mass is 10.1. The molecule has 0 aliphatic heterocycles. The molecule has 2 heterocycles. The second-order valence-corrected chi connectivity index (χ2v) is 6.32. The van der Waals surface area contributed by atoms with Crippen LogP contribution in [0.1, 0.15) is 5.56 Å². The van der Waals surface area contributed by atoms with Crippen LogP contribution in [-0.4, -0.2) is 14.3 Å². The van der Waals surface area contributed by atoms with E-state index in [2.05, 4.69) is 5.10 Å². The van der Waals surface area contributed by atoms with Gasteiger partial charge in [-0.15, -0.1) is 0 Å². The highest BCUT2D eigenvalue weighted by Crippen LogP contribution is 2.30. The number of pyridine rings is 1. The summed E-state index contributed by atoms with van der Waals surface area (Å²) >= 11 is 5.44. The van der Waals surface area contributed by atoms with E-state index in [4.69, 9.17) is 12.2 Å². The number of aromatic amines is 1. The minimum absolute atomic E-state index is 0.314. The number of halogens is 3. The summed E-state index contributed by atoms with van der Waals surface area (Å²) in [6.45, 7) is 0. The summed E-state index contributed by atoms with van der Waals surface area (Å²) in [6.07, 6.45) is -4.43. The second-order valence-electron chi connectivity index (χ2n) is 5.93. The molecule has 0 radical (unpaired) electrons. The molecular weight excluding hydrogens is 363 g/mol. The van der Waals surface area contributed by atoms with Gasteiger partial charge in [-0.05, 0) is 24.3 Å². The highest BCUT2D eigenvalue weighted by molar-refractivity contribution is 7.71. The molecular formula is C18H12F3N3OS. The fraction of sp³-hybridized carbons (Fsp3) is 0.111. The Morgan fingerprint density at radius 2 is 1.62 bits per heavy atom. The van der Waals surface area contributed by atoms with Crippen LogP contribution in [0.15, 0.2) is 53.3 Å². The van der Waals surface area contributed by atoms with Crippen molar-refractivity contribution >= 4 is 34.0 Å². The Kier molecular flexibility index (Phi) is 3.55. The van der Waals surface area contributed by atoms with Crippen molar-refractivity contribution in [2.75, 3.05) is 0 Å². The molecule has 4 nitrogen and oxygen atoms in total. The van der Waals surface area contributed by atoms with Crippen LogP contribution in [-0.2, 0) is 13.2 Å². The first kappa shape index (κ1) is 16.6. The lowest BCUT2D eigenvalue weighted by molar-refractivity contribution is -0.137. The molecule has 0 unspecified atom stereocenters. The Bertz CT molecular complexity index is 1260. The van der Waals surface area contributed by atoms with E-state index in [0.717, 1.165) is 22.9 Å². The average molecular weight is 375 g/mol. The van der Waals surface area contributed by atoms with Crippen LogP contribution in [0.2, 0.25) is 0 Å². The van der Waals surface area contributed by atoms with Crippen LogP contribution in [0.25, 0.3) is 27.5 Å². The Labute approximate surface area is 150 Å². The summed E-state index contributed by atoms with van der Waals surface area (Å²) in [4.78, 5) is 12.9. The topological polar surface area (TPSA) is 42.7 Å². The number of nitrogens with zero attached hydrogens (tertiary/aromatic N) is 2. The summed E-state index contributed by atoms with van der Waals surface area (Å²) in [5, 5.41) is 4.61. The minimum atomic E-state index is -4.43. The molecule has 0 aliphatic rings. The third-order valence-electron chi connectivity index (χ3n) is 4.39. The normalized spacial score (nSPS) is 12.2. The third-order valence-corrected chi connectivity index (χ3v) is 4.88. The number of H-pyrrole nitrogens is 1. The predicted molar refractivity (Wildman–Crippen MR) is 96.2 cm³/mol. The maximum atomic E-state index is 12.9. The van der Waals surface area contributed by atoms with E-state index in [1.807, 2.05) is 24.3 Å². The van der Waals surface area contributed by atoms with Gasteiger partial charge in [-0.3, -0.25) is 9.89 Å². The quantitative estimate of drug-likeness (QED) is 0.496. The first-order valence-electron chi connectivity index (χ1n) is 7.69. The van der Waals surface area contributed by atoms with Gasteiger partial charge in [-0.25, -0.2) is 4.68 Å². The molecule has 0 saturated heterocycles. The summed E-state index contributed by atoms with van der Waals surface area (Å²) in [5.41, 5.74) is 0.123. The van der Waals surface area contributed by atoms with Crippen LogP contribution in [0, 0.1) is 4.64 Å². The predicted octanol–water partition coefficient (Wildman–Crippen LogP) is 4.56. The highest BCUT2D eigenvalue weighted by Gasteiger charge is 2.30. The van der Waals surface area contributed by atoms with Crippen LogP contribution < -0.4 is 5.56 Å². The van der Waals surface area contributed by atoms with Gasteiger partial charge >= 0.3 is 6.18 Å². The van der Waals surface area contributed by atoms with Crippen molar-refractivity contribution in [1.82, 2.24) is 14.3 Å². The number of aromatic nitrogens is 3. The third kappa shape index (κ3) is 2.37. The van der Waals surface area contributed by atoms with Crippen LogP contribution in [0.4, 0.5) is 13.2 Å². The molecule has 0 atom stereocenters. The van der Waals surface area contributed by atoms with Crippen molar-refractivity contribution in [1.29, 1.82) is 0 Å². The van der Waals surface area contributed by atoms with E-state index in [0.29, 0.717) is 21.4 Å². The Hall–Kier alpha value is -2.87. The number of hydrogen-bond acceptors (Lipinski definition) is 2. The van der Waals surface area contributed by atoms with E-state index in [-0.39, 0.29) is 5.56 Å². The summed E-state index contributed by atoms with van der Waals surface area (Å²) < 4.78 is 41.6. The summed E-state index contributed by atoms with van der Waals surface area (Å²) in [5.74, 6) is 0. The summed E-state index contributed by atoms with van der Waals surface area (Å²) in [7, 11) is 1.70. The average Bonchev–Trinajstić information content (AvgIpc) is 2.97. The van der Waals surface area contributed by atoms with Gasteiger partial charge in [0, 0.05) is 17.8 Å². The van der Waals surface area contributed by atoms with E-state index in [9.17, 15) is 18.0 Å². The molecule has 0 bridgehead atoms. The van der Waals surface area contributed by atoms with Gasteiger partial charge in [0.1, 0.15) is 10.2 Å². The highest BCUT2D eigenvalue weighted by atomic mass is 32.1. The lowest BCUT2D eigenvalue weighted by Gasteiger charge is -2.07. The molecule has 0 saturated carbocycles. The molecule has 0 fully saturated rings. The Morgan fingerprint density at radius 3 is 2.23 bits per heavy atom. The van der Waals surface area contributed by atoms with Gasteiger partial charge < -0.3 is 4.57 Å². The van der Waals surface area contributed by atoms with Gasteiger partial charge in [-0.1, -0.05) is 36.5 Å². The van der Waals surface area contributed by atoms with Crippen molar-refractivity contribution < 1.29 is 13.2 Å². The first-order chi connectivity index (χ1) is 12.3. The second kappa shape index (κ2) is 5.57. The molecule has 2 aromatic heterocycles. The van der Waals surface area contributed by atoms with Crippen LogP contribution >= 0.6 is 12.2 Å². The van der Waals surface area contributed by atoms with Crippen molar-refractivity contribution in [3.05, 3.63) is 69.1 Å². The summed E-state index contributed by atoms with van der Waals surface area (Å²) in [6, 6.07) is 11.8. The largest absolute Gasteiger partial charge is 0.416 e. The maximum Gasteiger partial charge on any atom is 0.416 e. The van der Waals surface area contributed by atoms with Gasteiger partial charge in [0.2, 0.25) is 0 Å². The van der Waals surface area contributed by atoms with Crippen molar-refractivity contribution in [2.24, 2.45) is 7.05 Å². The molecule has 2 aromatic carbocycles. The number of hydrogen-bond donors (Lipinski definition) is 1. The number of aryl methyl sites for hydroxylation is 1. The number of benzene rings is 2. The molecule has 0 aliphatic carbocycles. The van der Waals surface area contributed by atoms with Crippen molar-refractivity contribution in [2.45, 2.75) is 6.18 Å². The maximum absolute atomic E-state index is 12.9. The van der Waals surface area contributed by atoms with Gasteiger partial charge in [0.05, 0.1) is 16.8 Å².